The Morgan fingerprint density at radius 2 is 2.00 bits per heavy atom. The molecule has 3 rings (SSSR count). The minimum atomic E-state index is -0.197. The number of aryl methyl sites for hydroxylation is 1. The van der Waals surface area contributed by atoms with E-state index in [1.807, 2.05) is 50.2 Å². The Morgan fingerprint density at radius 3 is 2.71 bits per heavy atom. The van der Waals surface area contributed by atoms with Crippen molar-refractivity contribution < 1.29 is 4.74 Å². The molecule has 0 amide bonds. The molecule has 122 valence electrons. The van der Waals surface area contributed by atoms with Crippen molar-refractivity contribution >= 4 is 33.6 Å². The van der Waals surface area contributed by atoms with Gasteiger partial charge in [0.25, 0.3) is 5.56 Å². The normalized spacial score (nSPS) is 11.7. The zero-order valence-corrected chi connectivity index (χ0v) is 14.2. The zero-order valence-electron chi connectivity index (χ0n) is 13.5. The Labute approximate surface area is 144 Å². The number of nitrogens with one attached hydrogen (secondary N) is 1. The third kappa shape index (κ3) is 3.34. The van der Waals surface area contributed by atoms with Gasteiger partial charge in [0.05, 0.1) is 22.5 Å². The summed E-state index contributed by atoms with van der Waals surface area (Å²) in [4.78, 5) is 19.5. The summed E-state index contributed by atoms with van der Waals surface area (Å²) in [5.74, 6) is 1.16. The van der Waals surface area contributed by atoms with E-state index in [1.165, 1.54) is 0 Å². The highest BCUT2D eigenvalue weighted by Gasteiger charge is 2.08. The van der Waals surface area contributed by atoms with E-state index in [9.17, 15) is 4.79 Å². The maximum absolute atomic E-state index is 12.2. The zero-order chi connectivity index (χ0) is 17.1. The van der Waals surface area contributed by atoms with Crippen molar-refractivity contribution in [2.24, 2.45) is 0 Å². The van der Waals surface area contributed by atoms with Gasteiger partial charge < -0.3 is 9.72 Å². The van der Waals surface area contributed by atoms with Gasteiger partial charge in [-0.2, -0.15) is 0 Å². The van der Waals surface area contributed by atoms with Crippen LogP contribution in [0.3, 0.4) is 0 Å². The lowest BCUT2D eigenvalue weighted by Crippen LogP contribution is -2.11. The van der Waals surface area contributed by atoms with Crippen LogP contribution in [0.2, 0.25) is 0 Å². The molecule has 1 heterocycles. The smallest absolute Gasteiger partial charge is 0.259 e. The van der Waals surface area contributed by atoms with Crippen molar-refractivity contribution in [3.05, 3.63) is 69.8 Å². The predicted octanol–water partition coefficient (Wildman–Crippen LogP) is 4.37. The maximum atomic E-state index is 12.2. The molecule has 4 nitrogen and oxygen atoms in total. The molecule has 5 heteroatoms. The van der Waals surface area contributed by atoms with Crippen LogP contribution >= 0.6 is 11.6 Å². The number of aromatic nitrogens is 2. The van der Waals surface area contributed by atoms with E-state index in [1.54, 1.807) is 12.1 Å². The Morgan fingerprint density at radius 1 is 1.25 bits per heavy atom. The molecule has 1 aromatic heterocycles. The van der Waals surface area contributed by atoms with Crippen LogP contribution in [0.4, 0.5) is 0 Å². The van der Waals surface area contributed by atoms with Crippen LogP contribution in [0, 0.1) is 6.92 Å². The van der Waals surface area contributed by atoms with Crippen LogP contribution in [-0.2, 0) is 0 Å². The molecule has 0 atom stereocenters. The van der Waals surface area contributed by atoms with Crippen LogP contribution in [0.15, 0.2) is 47.3 Å². The number of hydrogen-bond acceptors (Lipinski definition) is 3. The van der Waals surface area contributed by atoms with Crippen molar-refractivity contribution in [2.75, 3.05) is 6.61 Å². The van der Waals surface area contributed by atoms with Gasteiger partial charge in [0, 0.05) is 0 Å². The SMILES string of the molecule is CCOc1ccc(/C=C(\Cl)c2nc3c(C)cccc3c(=O)[nH]2)cc1. The summed E-state index contributed by atoms with van der Waals surface area (Å²) in [5, 5.41) is 0.936. The summed E-state index contributed by atoms with van der Waals surface area (Å²) in [6.45, 7) is 4.48. The van der Waals surface area contributed by atoms with E-state index in [2.05, 4.69) is 9.97 Å². The van der Waals surface area contributed by atoms with E-state index in [0.29, 0.717) is 28.4 Å². The topological polar surface area (TPSA) is 55.0 Å². The van der Waals surface area contributed by atoms with Gasteiger partial charge in [-0.25, -0.2) is 4.98 Å². The lowest BCUT2D eigenvalue weighted by Gasteiger charge is -2.05. The molecule has 0 aliphatic heterocycles. The minimum absolute atomic E-state index is 0.197. The van der Waals surface area contributed by atoms with Crippen molar-refractivity contribution in [1.29, 1.82) is 0 Å². The number of hydrogen-bond donors (Lipinski definition) is 1. The molecule has 0 spiro atoms. The van der Waals surface area contributed by atoms with E-state index in [0.717, 1.165) is 16.9 Å². The average molecular weight is 341 g/mol. The number of halogens is 1. The highest BCUT2D eigenvalue weighted by molar-refractivity contribution is 6.50. The third-order valence-electron chi connectivity index (χ3n) is 3.65. The van der Waals surface area contributed by atoms with Crippen LogP contribution in [0.25, 0.3) is 22.0 Å². The maximum Gasteiger partial charge on any atom is 0.259 e. The van der Waals surface area contributed by atoms with Crippen molar-refractivity contribution in [3.63, 3.8) is 0 Å². The number of fused-ring (bicyclic) bond motifs is 1. The van der Waals surface area contributed by atoms with Gasteiger partial charge in [-0.05, 0) is 49.2 Å². The molecule has 0 fully saturated rings. The van der Waals surface area contributed by atoms with Crippen LogP contribution in [-0.4, -0.2) is 16.6 Å². The number of nitrogens with zero attached hydrogens (tertiary/aromatic N) is 1. The quantitative estimate of drug-likeness (QED) is 0.767. The molecule has 0 saturated carbocycles. The molecule has 0 aliphatic carbocycles. The predicted molar refractivity (Wildman–Crippen MR) is 98.4 cm³/mol. The number of rotatable bonds is 4. The van der Waals surface area contributed by atoms with Crippen molar-refractivity contribution in [2.45, 2.75) is 13.8 Å². The van der Waals surface area contributed by atoms with Crippen molar-refractivity contribution in [3.8, 4) is 5.75 Å². The number of aromatic amines is 1. The van der Waals surface area contributed by atoms with Crippen molar-refractivity contribution in [1.82, 2.24) is 9.97 Å². The first-order valence-electron chi connectivity index (χ1n) is 7.68. The molecule has 1 N–H and O–H groups in total. The molecular formula is C19H17ClN2O2. The Hall–Kier alpha value is -2.59. The lowest BCUT2D eigenvalue weighted by atomic mass is 10.1. The summed E-state index contributed by atoms with van der Waals surface area (Å²) in [7, 11) is 0. The number of ether oxygens (including phenoxy) is 1. The molecule has 2 aromatic carbocycles. The second kappa shape index (κ2) is 6.89. The highest BCUT2D eigenvalue weighted by Crippen LogP contribution is 2.22. The average Bonchev–Trinajstić information content (AvgIpc) is 2.57. The standard InChI is InChI=1S/C19H17ClN2O2/c1-3-24-14-9-7-13(8-10-14)11-16(20)18-21-17-12(2)5-4-6-15(17)19(23)22-18/h4-11H,3H2,1-2H3,(H,21,22,23)/b16-11-. The second-order valence-electron chi connectivity index (χ2n) is 5.38. The van der Waals surface area contributed by atoms with E-state index >= 15 is 0 Å². The lowest BCUT2D eigenvalue weighted by molar-refractivity contribution is 0.340. The van der Waals surface area contributed by atoms with Gasteiger partial charge >= 0.3 is 0 Å². The first kappa shape index (κ1) is 16.3. The number of benzene rings is 2. The molecule has 3 aromatic rings. The third-order valence-corrected chi connectivity index (χ3v) is 3.94. The summed E-state index contributed by atoms with van der Waals surface area (Å²) in [6, 6.07) is 13.1. The minimum Gasteiger partial charge on any atom is -0.494 e. The number of H-pyrrole nitrogens is 1. The van der Waals surface area contributed by atoms with Gasteiger partial charge in [0.2, 0.25) is 0 Å². The van der Waals surface area contributed by atoms with Gasteiger partial charge in [0.1, 0.15) is 5.75 Å². The van der Waals surface area contributed by atoms with Gasteiger partial charge in [-0.15, -0.1) is 0 Å². The summed E-state index contributed by atoms with van der Waals surface area (Å²) in [6.07, 6.45) is 1.76. The van der Waals surface area contributed by atoms with Gasteiger partial charge in [-0.1, -0.05) is 35.9 Å². The molecule has 24 heavy (non-hydrogen) atoms. The van der Waals surface area contributed by atoms with Gasteiger partial charge in [-0.3, -0.25) is 4.79 Å². The summed E-state index contributed by atoms with van der Waals surface area (Å²) in [5.41, 5.74) is 2.30. The first-order chi connectivity index (χ1) is 11.6. The second-order valence-corrected chi connectivity index (χ2v) is 5.79. The van der Waals surface area contributed by atoms with Crippen LogP contribution in [0.5, 0.6) is 5.75 Å². The fourth-order valence-corrected chi connectivity index (χ4v) is 2.68. The molecule has 0 saturated heterocycles. The Balaban J connectivity index is 2.00. The van der Waals surface area contributed by atoms with Crippen LogP contribution in [0.1, 0.15) is 23.9 Å². The van der Waals surface area contributed by atoms with E-state index < -0.39 is 0 Å². The fourth-order valence-electron chi connectivity index (χ4n) is 2.46. The molecule has 0 bridgehead atoms. The molecular weight excluding hydrogens is 324 g/mol. The van der Waals surface area contributed by atoms with Gasteiger partial charge in [0.15, 0.2) is 5.82 Å². The molecule has 0 aliphatic rings. The molecule has 0 unspecified atom stereocenters. The summed E-state index contributed by atoms with van der Waals surface area (Å²) < 4.78 is 5.41. The van der Waals surface area contributed by atoms with E-state index in [4.69, 9.17) is 16.3 Å². The fraction of sp³-hybridized carbons (Fsp3) is 0.158. The Bertz CT molecular complexity index is 959. The summed E-state index contributed by atoms with van der Waals surface area (Å²) >= 11 is 6.36. The largest absolute Gasteiger partial charge is 0.494 e. The first-order valence-corrected chi connectivity index (χ1v) is 8.06. The highest BCUT2D eigenvalue weighted by atomic mass is 35.5. The Kier molecular flexibility index (Phi) is 4.67. The van der Waals surface area contributed by atoms with E-state index in [-0.39, 0.29) is 5.56 Å². The number of para-hydroxylation sites is 1. The molecule has 0 radical (unpaired) electrons. The monoisotopic (exact) mass is 340 g/mol. The van der Waals surface area contributed by atoms with Crippen LogP contribution < -0.4 is 10.3 Å².